The van der Waals surface area contributed by atoms with Crippen molar-refractivity contribution < 1.29 is 9.90 Å². The van der Waals surface area contributed by atoms with Crippen LogP contribution in [0.3, 0.4) is 0 Å². The predicted molar refractivity (Wildman–Crippen MR) is 108 cm³/mol. The number of allylic oxidation sites excluding steroid dienone is 1. The number of thioether (sulfide) groups is 1. The average molecular weight is 373 g/mol. The third kappa shape index (κ3) is 2.41. The van der Waals surface area contributed by atoms with Gasteiger partial charge in [0.2, 0.25) is 0 Å². The third-order valence-electron chi connectivity index (χ3n) is 8.57. The molecule has 2 nitrogen and oxygen atoms in total. The molecule has 3 fully saturated rings. The summed E-state index contributed by atoms with van der Waals surface area (Å²) in [4.78, 5) is 12.1. The molecule has 0 spiro atoms. The van der Waals surface area contributed by atoms with Crippen LogP contribution in [0.4, 0.5) is 0 Å². The van der Waals surface area contributed by atoms with Crippen molar-refractivity contribution in [1.82, 2.24) is 0 Å². The van der Waals surface area contributed by atoms with E-state index in [9.17, 15) is 9.90 Å². The van der Waals surface area contributed by atoms with Gasteiger partial charge in [-0.25, -0.2) is 0 Å². The van der Waals surface area contributed by atoms with E-state index < -0.39 is 5.60 Å². The second-order valence-electron chi connectivity index (χ2n) is 9.37. The SMILES string of the molecule is CC#CC1(O)CC[C@H]2[C@@H]3CCC4=CC(=O)CC[C@]4(CSC)[C@@H]3CC[C@@]21C. The molecule has 3 saturated carbocycles. The molecule has 0 radical (unpaired) electrons. The maximum atomic E-state index is 12.1. The highest BCUT2D eigenvalue weighted by Gasteiger charge is 2.64. The second kappa shape index (κ2) is 6.42. The maximum Gasteiger partial charge on any atom is 0.155 e. The van der Waals surface area contributed by atoms with Crippen LogP contribution in [0, 0.1) is 40.4 Å². The maximum absolute atomic E-state index is 12.1. The molecular weight excluding hydrogens is 340 g/mol. The third-order valence-corrected chi connectivity index (χ3v) is 9.38. The molecule has 4 rings (SSSR count). The first-order valence-electron chi connectivity index (χ1n) is 10.3. The van der Waals surface area contributed by atoms with Gasteiger partial charge in [0.05, 0.1) is 0 Å². The Morgan fingerprint density at radius 1 is 1.19 bits per heavy atom. The van der Waals surface area contributed by atoms with Gasteiger partial charge in [-0.3, -0.25) is 4.79 Å². The molecule has 0 aliphatic heterocycles. The van der Waals surface area contributed by atoms with Crippen molar-refractivity contribution in [2.24, 2.45) is 28.6 Å². The molecule has 1 unspecified atom stereocenters. The van der Waals surface area contributed by atoms with Crippen molar-refractivity contribution >= 4 is 17.5 Å². The zero-order chi connectivity index (χ0) is 18.6. The summed E-state index contributed by atoms with van der Waals surface area (Å²) < 4.78 is 0. The number of fused-ring (bicyclic) bond motifs is 5. The molecular formula is C23H32O2S. The van der Waals surface area contributed by atoms with E-state index >= 15 is 0 Å². The number of hydrogen-bond donors (Lipinski definition) is 1. The molecule has 0 aromatic carbocycles. The van der Waals surface area contributed by atoms with Crippen molar-refractivity contribution in [3.05, 3.63) is 11.6 Å². The van der Waals surface area contributed by atoms with Gasteiger partial charge < -0.3 is 5.11 Å². The zero-order valence-corrected chi connectivity index (χ0v) is 17.3. The molecule has 4 aliphatic carbocycles. The van der Waals surface area contributed by atoms with Crippen molar-refractivity contribution in [1.29, 1.82) is 0 Å². The van der Waals surface area contributed by atoms with Crippen molar-refractivity contribution in [2.45, 2.75) is 70.8 Å². The lowest BCUT2D eigenvalue weighted by Gasteiger charge is -2.59. The van der Waals surface area contributed by atoms with E-state index in [2.05, 4.69) is 25.0 Å². The molecule has 6 atom stereocenters. The van der Waals surface area contributed by atoms with Crippen LogP contribution in [0.1, 0.15) is 65.2 Å². The van der Waals surface area contributed by atoms with Crippen LogP contribution in [0.25, 0.3) is 0 Å². The lowest BCUT2D eigenvalue weighted by Crippen LogP contribution is -2.55. The number of ketones is 1. The van der Waals surface area contributed by atoms with Gasteiger partial charge in [0.1, 0.15) is 5.60 Å². The Morgan fingerprint density at radius 3 is 2.69 bits per heavy atom. The van der Waals surface area contributed by atoms with E-state index in [0.717, 1.165) is 44.3 Å². The fourth-order valence-corrected chi connectivity index (χ4v) is 8.38. The molecule has 142 valence electrons. The van der Waals surface area contributed by atoms with Crippen LogP contribution in [0.15, 0.2) is 11.6 Å². The summed E-state index contributed by atoms with van der Waals surface area (Å²) >= 11 is 1.95. The summed E-state index contributed by atoms with van der Waals surface area (Å²) in [5.41, 5.74) is 0.815. The molecule has 0 bridgehead atoms. The largest absolute Gasteiger partial charge is 0.377 e. The number of carbonyl (C=O) groups excluding carboxylic acids is 1. The minimum Gasteiger partial charge on any atom is -0.377 e. The lowest BCUT2D eigenvalue weighted by molar-refractivity contribution is -0.119. The fourth-order valence-electron chi connectivity index (χ4n) is 7.32. The molecule has 0 aromatic heterocycles. The first kappa shape index (κ1) is 18.6. The molecule has 4 aliphatic rings. The van der Waals surface area contributed by atoms with Crippen molar-refractivity contribution in [3.8, 4) is 11.8 Å². The van der Waals surface area contributed by atoms with Gasteiger partial charge in [-0.2, -0.15) is 11.8 Å². The van der Waals surface area contributed by atoms with E-state index in [0.29, 0.717) is 23.5 Å². The highest BCUT2D eigenvalue weighted by molar-refractivity contribution is 7.98. The molecule has 3 heteroatoms. The number of rotatable bonds is 2. The van der Waals surface area contributed by atoms with E-state index in [4.69, 9.17) is 0 Å². The lowest BCUT2D eigenvalue weighted by atomic mass is 9.46. The van der Waals surface area contributed by atoms with Crippen LogP contribution in [-0.2, 0) is 4.79 Å². The summed E-state index contributed by atoms with van der Waals surface area (Å²) in [7, 11) is 0. The number of hydrogen-bond acceptors (Lipinski definition) is 3. The quantitative estimate of drug-likeness (QED) is 0.719. The van der Waals surface area contributed by atoms with E-state index in [1.54, 1.807) is 0 Å². The monoisotopic (exact) mass is 372 g/mol. The Kier molecular flexibility index (Phi) is 4.60. The van der Waals surface area contributed by atoms with Gasteiger partial charge in [0.15, 0.2) is 5.78 Å². The molecule has 0 amide bonds. The van der Waals surface area contributed by atoms with Gasteiger partial charge >= 0.3 is 0 Å². The zero-order valence-electron chi connectivity index (χ0n) is 16.4. The minimum absolute atomic E-state index is 0.0660. The topological polar surface area (TPSA) is 37.3 Å². The standard InChI is InChI=1S/C23H32O2S/c1-4-10-23(25)13-9-19-18-6-5-16-14-17(24)7-12-22(16,15-26-3)20(18)8-11-21(19,23)2/h14,18-20,25H,5-9,11-13,15H2,1-3H3/t18-,19-,20+,21-,22+,23?/m0/s1. The van der Waals surface area contributed by atoms with Crippen LogP contribution in [0.2, 0.25) is 0 Å². The first-order valence-corrected chi connectivity index (χ1v) is 11.7. The van der Waals surface area contributed by atoms with Gasteiger partial charge in [-0.1, -0.05) is 18.4 Å². The Bertz CT molecular complexity index is 701. The molecule has 26 heavy (non-hydrogen) atoms. The smallest absolute Gasteiger partial charge is 0.155 e. The first-order chi connectivity index (χ1) is 12.4. The number of carbonyl (C=O) groups is 1. The predicted octanol–water partition coefficient (Wildman–Crippen LogP) is 4.62. The summed E-state index contributed by atoms with van der Waals surface area (Å²) in [6.07, 6.45) is 12.4. The normalized spacial score (nSPS) is 47.2. The fraction of sp³-hybridized carbons (Fsp3) is 0.783. The Balaban J connectivity index is 1.71. The van der Waals surface area contributed by atoms with Crippen LogP contribution >= 0.6 is 11.8 Å². The Morgan fingerprint density at radius 2 is 1.96 bits per heavy atom. The summed E-state index contributed by atoms with van der Waals surface area (Å²) in [5.74, 6) is 9.62. The second-order valence-corrected chi connectivity index (χ2v) is 10.2. The highest BCUT2D eigenvalue weighted by Crippen LogP contribution is 2.67. The van der Waals surface area contributed by atoms with Gasteiger partial charge in [-0.05, 0) is 82.0 Å². The van der Waals surface area contributed by atoms with Crippen LogP contribution in [-0.4, -0.2) is 28.5 Å². The minimum atomic E-state index is -0.803. The van der Waals surface area contributed by atoms with Crippen molar-refractivity contribution in [3.63, 3.8) is 0 Å². The molecule has 0 saturated heterocycles. The highest BCUT2D eigenvalue weighted by atomic mass is 32.2. The van der Waals surface area contributed by atoms with E-state index in [-0.39, 0.29) is 10.8 Å². The van der Waals surface area contributed by atoms with E-state index in [1.165, 1.54) is 18.4 Å². The Labute approximate surface area is 162 Å². The van der Waals surface area contributed by atoms with Crippen LogP contribution < -0.4 is 0 Å². The summed E-state index contributed by atoms with van der Waals surface area (Å²) in [6, 6.07) is 0. The van der Waals surface area contributed by atoms with Gasteiger partial charge in [0, 0.05) is 23.0 Å². The average Bonchev–Trinajstić information content (AvgIpc) is 2.87. The van der Waals surface area contributed by atoms with E-state index in [1.807, 2.05) is 24.8 Å². The number of aliphatic hydroxyl groups is 1. The molecule has 1 N–H and O–H groups in total. The van der Waals surface area contributed by atoms with Gasteiger partial charge in [0.25, 0.3) is 0 Å². The molecule has 0 aromatic rings. The molecule has 0 heterocycles. The van der Waals surface area contributed by atoms with Crippen molar-refractivity contribution in [2.75, 3.05) is 12.0 Å². The van der Waals surface area contributed by atoms with Crippen LogP contribution in [0.5, 0.6) is 0 Å². The summed E-state index contributed by atoms with van der Waals surface area (Å²) in [5, 5.41) is 11.3. The Hall–Kier alpha value is -0.720. The summed E-state index contributed by atoms with van der Waals surface area (Å²) in [6.45, 7) is 4.16. The van der Waals surface area contributed by atoms with Gasteiger partial charge in [-0.15, -0.1) is 5.92 Å².